The number of hydrogen-bond acceptors (Lipinski definition) is 5. The number of rotatable bonds is 7. The number of anilines is 1. The number of hydrogen-bond donors (Lipinski definition) is 3. The standard InChI is InChI=1S/C24H25Cl2F3N6O3S/c1-12(2)17(11-39(4,30)38)32-22(36)15-9-14(25)8-13(3)20(15)33-23(37)18-10-19(24(27,28)29)34-35(18)21-16(26)6-5-7-31-21/h5-12,17H,1-4H3,(H2,30,38)(H,32,36)(H,33,37). The van der Waals surface area contributed by atoms with Crippen molar-refractivity contribution in [1.29, 1.82) is 0 Å². The molecule has 0 aliphatic rings. The number of nitrogens with one attached hydrogen (secondary N) is 2. The highest BCUT2D eigenvalue weighted by molar-refractivity contribution is 7.98. The van der Waals surface area contributed by atoms with Crippen molar-refractivity contribution in [2.45, 2.75) is 33.0 Å². The van der Waals surface area contributed by atoms with E-state index in [4.69, 9.17) is 28.3 Å². The molecule has 3 rings (SSSR count). The molecule has 9 nitrogen and oxygen atoms in total. The van der Waals surface area contributed by atoms with Gasteiger partial charge in [0, 0.05) is 38.6 Å². The highest BCUT2D eigenvalue weighted by atomic mass is 35.5. The van der Waals surface area contributed by atoms with Gasteiger partial charge in [0.1, 0.15) is 5.69 Å². The van der Waals surface area contributed by atoms with Crippen LogP contribution in [0.1, 0.15) is 46.0 Å². The van der Waals surface area contributed by atoms with Gasteiger partial charge < -0.3 is 10.6 Å². The quantitative estimate of drug-likeness (QED) is 0.342. The number of pyridine rings is 1. The van der Waals surface area contributed by atoms with Gasteiger partial charge in [-0.3, -0.25) is 18.9 Å². The molecular weight excluding hydrogens is 580 g/mol. The first-order chi connectivity index (χ1) is 18.0. The predicted octanol–water partition coefficient (Wildman–Crippen LogP) is 4.50. The van der Waals surface area contributed by atoms with Crippen LogP contribution in [0.4, 0.5) is 18.9 Å². The molecule has 3 aromatic rings. The molecule has 2 atom stereocenters. The van der Waals surface area contributed by atoms with Crippen molar-refractivity contribution >= 4 is 55.8 Å². The summed E-state index contributed by atoms with van der Waals surface area (Å²) in [7, 11) is -2.83. The molecule has 4 N–H and O–H groups in total. The number of aromatic nitrogens is 3. The molecule has 2 amide bonds. The smallest absolute Gasteiger partial charge is 0.345 e. The van der Waals surface area contributed by atoms with E-state index in [9.17, 15) is 27.0 Å². The predicted molar refractivity (Wildman–Crippen MR) is 146 cm³/mol. The van der Waals surface area contributed by atoms with Gasteiger partial charge in [-0.15, -0.1) is 0 Å². The van der Waals surface area contributed by atoms with Crippen molar-refractivity contribution in [2.24, 2.45) is 11.1 Å². The number of halogens is 5. The maximum absolute atomic E-state index is 13.5. The summed E-state index contributed by atoms with van der Waals surface area (Å²) < 4.78 is 53.3. The fourth-order valence-corrected chi connectivity index (χ4v) is 4.96. The van der Waals surface area contributed by atoms with Crippen molar-refractivity contribution in [3.63, 3.8) is 0 Å². The number of nitrogens with zero attached hydrogens (tertiary/aromatic N) is 3. The largest absolute Gasteiger partial charge is 0.435 e. The Balaban J connectivity index is 2.08. The second kappa shape index (κ2) is 11.5. The lowest BCUT2D eigenvalue weighted by molar-refractivity contribution is -0.141. The molecule has 15 heteroatoms. The molecule has 0 saturated heterocycles. The highest BCUT2D eigenvalue weighted by Crippen LogP contribution is 2.32. The summed E-state index contributed by atoms with van der Waals surface area (Å²) in [5.41, 5.74) is -1.62. The lowest BCUT2D eigenvalue weighted by Crippen LogP contribution is -2.42. The van der Waals surface area contributed by atoms with Gasteiger partial charge in [-0.25, -0.2) is 9.67 Å². The van der Waals surface area contributed by atoms with Gasteiger partial charge >= 0.3 is 6.18 Å². The normalized spacial score (nSPS) is 14.0. The van der Waals surface area contributed by atoms with Gasteiger partial charge in [-0.05, 0) is 42.7 Å². The Hall–Kier alpha value is -3.13. The van der Waals surface area contributed by atoms with E-state index >= 15 is 0 Å². The van der Waals surface area contributed by atoms with E-state index in [1.807, 2.05) is 0 Å². The molecular formula is C24H25Cl2F3N6O3S. The molecule has 0 aliphatic carbocycles. The van der Waals surface area contributed by atoms with Crippen molar-refractivity contribution in [3.05, 3.63) is 69.1 Å². The van der Waals surface area contributed by atoms with E-state index in [2.05, 4.69) is 20.7 Å². The van der Waals surface area contributed by atoms with Crippen molar-refractivity contribution in [2.75, 3.05) is 11.6 Å². The molecule has 2 heterocycles. The Kier molecular flexibility index (Phi) is 9.00. The topological polar surface area (TPSA) is 132 Å². The SMILES string of the molecule is Cc1cc(Cl)cc(C(=O)NC(C=S(C)(N)=O)C(C)C)c1NC(=O)c1cc(C(F)(F)F)nn1-c1ncccc1Cl. The second-order valence-corrected chi connectivity index (χ2v) is 12.1. The van der Waals surface area contributed by atoms with Crippen LogP contribution in [0, 0.1) is 12.8 Å². The molecule has 2 unspecified atom stereocenters. The number of nitrogens with two attached hydrogens (primary N) is 1. The molecule has 2 aromatic heterocycles. The van der Waals surface area contributed by atoms with Gasteiger partial charge in [0.2, 0.25) is 0 Å². The summed E-state index contributed by atoms with van der Waals surface area (Å²) in [5, 5.41) is 15.8. The number of aryl methyl sites for hydroxylation is 1. The summed E-state index contributed by atoms with van der Waals surface area (Å²) in [6, 6.07) is 5.44. The van der Waals surface area contributed by atoms with Gasteiger partial charge in [-0.1, -0.05) is 37.0 Å². The van der Waals surface area contributed by atoms with Crippen LogP contribution < -0.4 is 15.8 Å². The first kappa shape index (κ1) is 30.4. The first-order valence-corrected chi connectivity index (χ1v) is 14.1. The van der Waals surface area contributed by atoms with E-state index < -0.39 is 45.1 Å². The van der Waals surface area contributed by atoms with Gasteiger partial charge in [0.25, 0.3) is 11.8 Å². The third-order valence-electron chi connectivity index (χ3n) is 5.39. The van der Waals surface area contributed by atoms with Crippen molar-refractivity contribution < 1.29 is 27.0 Å². The zero-order chi connectivity index (χ0) is 29.3. The molecule has 39 heavy (non-hydrogen) atoms. The second-order valence-electron chi connectivity index (χ2n) is 9.08. The van der Waals surface area contributed by atoms with E-state index in [0.29, 0.717) is 16.3 Å². The van der Waals surface area contributed by atoms with E-state index in [1.54, 1.807) is 20.8 Å². The fourth-order valence-electron chi connectivity index (χ4n) is 3.52. The van der Waals surface area contributed by atoms with E-state index in [-0.39, 0.29) is 33.0 Å². The van der Waals surface area contributed by atoms with Crippen LogP contribution in [-0.2, 0) is 15.9 Å². The zero-order valence-electron chi connectivity index (χ0n) is 21.1. The van der Waals surface area contributed by atoms with Crippen molar-refractivity contribution in [3.8, 4) is 5.82 Å². The van der Waals surface area contributed by atoms with Crippen LogP contribution in [0.3, 0.4) is 0 Å². The van der Waals surface area contributed by atoms with Crippen LogP contribution in [-0.4, -0.2) is 48.5 Å². The van der Waals surface area contributed by atoms with Crippen LogP contribution >= 0.6 is 23.2 Å². The van der Waals surface area contributed by atoms with Crippen molar-refractivity contribution in [1.82, 2.24) is 20.1 Å². The van der Waals surface area contributed by atoms with Crippen LogP contribution in [0.2, 0.25) is 10.0 Å². The Morgan fingerprint density at radius 3 is 2.41 bits per heavy atom. The van der Waals surface area contributed by atoms with Crippen LogP contribution in [0.25, 0.3) is 5.82 Å². The summed E-state index contributed by atoms with van der Waals surface area (Å²) in [4.78, 5) is 30.6. The van der Waals surface area contributed by atoms with Gasteiger partial charge in [0.05, 0.1) is 22.3 Å². The molecule has 210 valence electrons. The molecule has 0 bridgehead atoms. The van der Waals surface area contributed by atoms with Crippen LogP contribution in [0.15, 0.2) is 36.5 Å². The summed E-state index contributed by atoms with van der Waals surface area (Å²) >= 11 is 12.3. The monoisotopic (exact) mass is 604 g/mol. The average molecular weight is 605 g/mol. The average Bonchev–Trinajstić information content (AvgIpc) is 3.25. The minimum atomic E-state index is -4.87. The third kappa shape index (κ3) is 7.50. The number of amides is 2. The molecule has 0 aliphatic heterocycles. The minimum absolute atomic E-state index is 0.0113. The zero-order valence-corrected chi connectivity index (χ0v) is 23.5. The molecule has 0 radical (unpaired) electrons. The summed E-state index contributed by atoms with van der Waals surface area (Å²) in [6.07, 6.45) is -2.27. The molecule has 1 aromatic carbocycles. The van der Waals surface area contributed by atoms with E-state index in [1.165, 1.54) is 42.1 Å². The maximum Gasteiger partial charge on any atom is 0.435 e. The summed E-state index contributed by atoms with van der Waals surface area (Å²) in [6.45, 7) is 5.11. The molecule has 0 spiro atoms. The van der Waals surface area contributed by atoms with Gasteiger partial charge in [0.15, 0.2) is 11.5 Å². The third-order valence-corrected chi connectivity index (χ3v) is 6.74. The Labute approximate surface area is 233 Å². The maximum atomic E-state index is 13.5. The summed E-state index contributed by atoms with van der Waals surface area (Å²) in [5.74, 6) is -2.11. The fraction of sp³-hybridized carbons (Fsp3) is 0.292. The lowest BCUT2D eigenvalue weighted by Gasteiger charge is -2.21. The van der Waals surface area contributed by atoms with E-state index in [0.717, 1.165) is 0 Å². The first-order valence-electron chi connectivity index (χ1n) is 11.3. The number of benzene rings is 1. The number of alkyl halides is 3. The lowest BCUT2D eigenvalue weighted by atomic mass is 10.0. The minimum Gasteiger partial charge on any atom is -0.345 e. The highest BCUT2D eigenvalue weighted by Gasteiger charge is 2.37. The number of carbonyl (C=O) groups is 2. The van der Waals surface area contributed by atoms with Crippen LogP contribution in [0.5, 0.6) is 0 Å². The molecule has 0 saturated carbocycles. The van der Waals surface area contributed by atoms with Gasteiger partial charge in [-0.2, -0.15) is 18.3 Å². The molecule has 0 fully saturated rings. The Morgan fingerprint density at radius 1 is 1.18 bits per heavy atom. The Morgan fingerprint density at radius 2 is 1.85 bits per heavy atom. The number of carbonyl (C=O) groups excluding carboxylic acids is 2. The Bertz CT molecular complexity index is 1540.